The molecule has 0 saturated heterocycles. The number of halogens is 4. The van der Waals surface area contributed by atoms with Gasteiger partial charge in [-0.05, 0) is 49.8 Å². The number of nitrogens with zero attached hydrogens (tertiary/aromatic N) is 1. The van der Waals surface area contributed by atoms with Crippen LogP contribution in [0.5, 0.6) is 0 Å². The van der Waals surface area contributed by atoms with Crippen molar-refractivity contribution >= 4 is 21.8 Å². The molecular formula is C15H15BrF3NO. The lowest BCUT2D eigenvalue weighted by atomic mass is 10.1. The molecule has 1 aromatic carbocycles. The van der Waals surface area contributed by atoms with E-state index in [1.54, 1.807) is 4.90 Å². The summed E-state index contributed by atoms with van der Waals surface area (Å²) >= 11 is 2.90. The Hall–Kier alpha value is -1.04. The summed E-state index contributed by atoms with van der Waals surface area (Å²) in [5.41, 5.74) is -0.673. The van der Waals surface area contributed by atoms with Gasteiger partial charge in [0.2, 0.25) is 0 Å². The van der Waals surface area contributed by atoms with Crippen molar-refractivity contribution in [3.8, 4) is 0 Å². The summed E-state index contributed by atoms with van der Waals surface area (Å²) in [5.74, 6) is 0.259. The monoisotopic (exact) mass is 361 g/mol. The van der Waals surface area contributed by atoms with Gasteiger partial charge in [0.25, 0.3) is 5.91 Å². The van der Waals surface area contributed by atoms with Crippen molar-refractivity contribution in [2.24, 2.45) is 5.92 Å². The Bertz CT molecular complexity index is 565. The van der Waals surface area contributed by atoms with Crippen molar-refractivity contribution in [3.05, 3.63) is 33.8 Å². The minimum absolute atomic E-state index is 0.0354. The molecule has 0 aliphatic heterocycles. The fourth-order valence-electron chi connectivity index (χ4n) is 2.40. The Kier molecular flexibility index (Phi) is 3.76. The highest BCUT2D eigenvalue weighted by atomic mass is 79.9. The first kappa shape index (κ1) is 14.9. The zero-order valence-electron chi connectivity index (χ0n) is 11.3. The van der Waals surface area contributed by atoms with Crippen molar-refractivity contribution in [1.82, 2.24) is 4.90 Å². The van der Waals surface area contributed by atoms with E-state index in [9.17, 15) is 18.0 Å². The predicted molar refractivity (Wildman–Crippen MR) is 75.9 cm³/mol. The summed E-state index contributed by atoms with van der Waals surface area (Å²) in [6.45, 7) is 0.681. The van der Waals surface area contributed by atoms with Crippen LogP contribution in [0.25, 0.3) is 0 Å². The number of hydrogen-bond acceptors (Lipinski definition) is 1. The smallest absolute Gasteiger partial charge is 0.335 e. The lowest BCUT2D eigenvalue weighted by molar-refractivity contribution is -0.138. The van der Waals surface area contributed by atoms with E-state index in [4.69, 9.17) is 0 Å². The fourth-order valence-corrected chi connectivity index (χ4v) is 2.88. The third kappa shape index (κ3) is 3.42. The molecule has 0 atom stereocenters. The third-order valence-corrected chi connectivity index (χ3v) is 4.61. The molecule has 2 aliphatic rings. The van der Waals surface area contributed by atoms with Crippen LogP contribution in [-0.2, 0) is 6.18 Å². The van der Waals surface area contributed by atoms with E-state index in [1.807, 2.05) is 0 Å². The molecular weight excluding hydrogens is 347 g/mol. The SMILES string of the molecule is O=C(c1ccc(Br)c(C(F)(F)F)c1)N(CC1CC1)C1CC1. The van der Waals surface area contributed by atoms with Gasteiger partial charge in [0.1, 0.15) is 0 Å². The minimum atomic E-state index is -4.46. The van der Waals surface area contributed by atoms with Gasteiger partial charge < -0.3 is 4.90 Å². The third-order valence-electron chi connectivity index (χ3n) is 3.92. The second-order valence-corrected chi connectivity index (χ2v) is 6.68. The highest BCUT2D eigenvalue weighted by Gasteiger charge is 2.38. The molecule has 6 heteroatoms. The number of carbonyl (C=O) groups is 1. The van der Waals surface area contributed by atoms with Gasteiger partial charge in [-0.2, -0.15) is 13.2 Å². The number of alkyl halides is 3. The van der Waals surface area contributed by atoms with Gasteiger partial charge in [-0.25, -0.2) is 0 Å². The highest BCUT2D eigenvalue weighted by Crippen LogP contribution is 2.38. The molecule has 0 bridgehead atoms. The molecule has 0 heterocycles. The van der Waals surface area contributed by atoms with Crippen LogP contribution in [0.4, 0.5) is 13.2 Å². The van der Waals surface area contributed by atoms with E-state index in [0.717, 1.165) is 31.7 Å². The number of carbonyl (C=O) groups excluding carboxylic acids is 1. The van der Waals surface area contributed by atoms with Gasteiger partial charge in [-0.3, -0.25) is 4.79 Å². The summed E-state index contributed by atoms with van der Waals surface area (Å²) in [6.07, 6.45) is -0.312. The Morgan fingerprint density at radius 1 is 1.24 bits per heavy atom. The number of hydrogen-bond donors (Lipinski definition) is 0. The van der Waals surface area contributed by atoms with Crippen molar-refractivity contribution in [2.45, 2.75) is 37.9 Å². The molecule has 3 rings (SSSR count). The van der Waals surface area contributed by atoms with E-state index in [-0.39, 0.29) is 22.0 Å². The predicted octanol–water partition coefficient (Wildman–Crippen LogP) is 4.48. The van der Waals surface area contributed by atoms with Crippen LogP contribution in [0, 0.1) is 5.92 Å². The molecule has 21 heavy (non-hydrogen) atoms. The first-order valence-corrected chi connectivity index (χ1v) is 7.83. The topological polar surface area (TPSA) is 20.3 Å². The number of amides is 1. The molecule has 2 saturated carbocycles. The van der Waals surface area contributed by atoms with Crippen molar-refractivity contribution in [1.29, 1.82) is 0 Å². The Morgan fingerprint density at radius 2 is 1.90 bits per heavy atom. The molecule has 0 unspecified atom stereocenters. The number of benzene rings is 1. The fraction of sp³-hybridized carbons (Fsp3) is 0.533. The van der Waals surface area contributed by atoms with Crippen LogP contribution in [0.3, 0.4) is 0 Å². The molecule has 2 fully saturated rings. The summed E-state index contributed by atoms with van der Waals surface area (Å²) in [5, 5.41) is 0. The van der Waals surface area contributed by atoms with E-state index < -0.39 is 11.7 Å². The lowest BCUT2D eigenvalue weighted by Gasteiger charge is -2.23. The normalized spacial score (nSPS) is 18.7. The molecule has 1 amide bonds. The molecule has 1 aromatic rings. The maximum absolute atomic E-state index is 12.9. The van der Waals surface area contributed by atoms with Crippen molar-refractivity contribution < 1.29 is 18.0 Å². The van der Waals surface area contributed by atoms with Gasteiger partial charge in [-0.1, -0.05) is 15.9 Å². The Morgan fingerprint density at radius 3 is 2.43 bits per heavy atom. The maximum atomic E-state index is 12.9. The molecule has 0 aromatic heterocycles. The van der Waals surface area contributed by atoms with E-state index in [2.05, 4.69) is 15.9 Å². The van der Waals surface area contributed by atoms with Crippen LogP contribution < -0.4 is 0 Å². The van der Waals surface area contributed by atoms with E-state index >= 15 is 0 Å². The van der Waals surface area contributed by atoms with Crippen molar-refractivity contribution in [2.75, 3.05) is 6.54 Å². The van der Waals surface area contributed by atoms with Gasteiger partial charge in [-0.15, -0.1) is 0 Å². The standard InChI is InChI=1S/C15H15BrF3NO/c16-13-6-3-10(7-12(13)15(17,18)19)14(21)20(11-4-5-11)8-9-1-2-9/h3,6-7,9,11H,1-2,4-5,8H2. The second kappa shape index (κ2) is 5.30. The minimum Gasteiger partial charge on any atom is -0.335 e. The second-order valence-electron chi connectivity index (χ2n) is 5.82. The summed E-state index contributed by atoms with van der Waals surface area (Å²) in [6, 6.07) is 3.94. The molecule has 0 radical (unpaired) electrons. The van der Waals surface area contributed by atoms with Crippen LogP contribution >= 0.6 is 15.9 Å². The van der Waals surface area contributed by atoms with Crippen LogP contribution in [0.15, 0.2) is 22.7 Å². The summed E-state index contributed by atoms with van der Waals surface area (Å²) in [7, 11) is 0. The average molecular weight is 362 g/mol. The van der Waals surface area contributed by atoms with Gasteiger partial charge >= 0.3 is 6.18 Å². The van der Waals surface area contributed by atoms with Crippen LogP contribution in [0.2, 0.25) is 0 Å². The van der Waals surface area contributed by atoms with Gasteiger partial charge in [0.05, 0.1) is 5.56 Å². The van der Waals surface area contributed by atoms with E-state index in [0.29, 0.717) is 12.5 Å². The molecule has 0 N–H and O–H groups in total. The molecule has 2 aliphatic carbocycles. The van der Waals surface area contributed by atoms with Gasteiger partial charge in [0, 0.05) is 22.6 Å². The molecule has 0 spiro atoms. The zero-order valence-corrected chi connectivity index (χ0v) is 12.9. The highest BCUT2D eigenvalue weighted by molar-refractivity contribution is 9.10. The quantitative estimate of drug-likeness (QED) is 0.773. The summed E-state index contributed by atoms with van der Waals surface area (Å²) < 4.78 is 38.8. The lowest BCUT2D eigenvalue weighted by Crippen LogP contribution is -2.35. The Balaban J connectivity index is 1.85. The molecule has 114 valence electrons. The van der Waals surface area contributed by atoms with E-state index in [1.165, 1.54) is 12.1 Å². The first-order chi connectivity index (χ1) is 9.86. The van der Waals surface area contributed by atoms with Crippen LogP contribution in [-0.4, -0.2) is 23.4 Å². The largest absolute Gasteiger partial charge is 0.417 e. The zero-order chi connectivity index (χ0) is 15.2. The number of rotatable bonds is 4. The first-order valence-electron chi connectivity index (χ1n) is 7.04. The van der Waals surface area contributed by atoms with Crippen molar-refractivity contribution in [3.63, 3.8) is 0 Å². The average Bonchev–Trinajstić information content (AvgIpc) is 3.26. The van der Waals surface area contributed by atoms with Crippen LogP contribution in [0.1, 0.15) is 41.6 Å². The summed E-state index contributed by atoms with van der Waals surface area (Å²) in [4.78, 5) is 14.3. The van der Waals surface area contributed by atoms with Gasteiger partial charge in [0.15, 0.2) is 0 Å². The Labute approximate surface area is 129 Å². The maximum Gasteiger partial charge on any atom is 0.417 e. The molecule has 2 nitrogen and oxygen atoms in total.